The van der Waals surface area contributed by atoms with Crippen LogP contribution in [0.5, 0.6) is 0 Å². The van der Waals surface area contributed by atoms with Crippen molar-refractivity contribution in [3.63, 3.8) is 0 Å². The zero-order chi connectivity index (χ0) is 20.2. The summed E-state index contributed by atoms with van der Waals surface area (Å²) in [5, 5.41) is 1.88. The summed E-state index contributed by atoms with van der Waals surface area (Å²) in [7, 11) is -4.42. The van der Waals surface area contributed by atoms with Crippen LogP contribution in [0.25, 0.3) is 10.8 Å². The van der Waals surface area contributed by atoms with Gasteiger partial charge in [-0.1, -0.05) is 102 Å². The average Bonchev–Trinajstić information content (AvgIpc) is 2.68. The van der Waals surface area contributed by atoms with E-state index in [1.807, 2.05) is 24.3 Å². The van der Waals surface area contributed by atoms with E-state index in [1.165, 1.54) is 70.3 Å². The van der Waals surface area contributed by atoms with E-state index in [9.17, 15) is 13.0 Å². The van der Waals surface area contributed by atoms with Crippen LogP contribution in [-0.2, 0) is 16.5 Å². The van der Waals surface area contributed by atoms with Crippen LogP contribution in [0, 0.1) is 0 Å². The van der Waals surface area contributed by atoms with Gasteiger partial charge in [-0.05, 0) is 41.3 Å². The molecule has 3 nitrogen and oxygen atoms in total. The maximum Gasteiger partial charge on any atom is 1.00 e. The van der Waals surface area contributed by atoms with Crippen LogP contribution in [0.3, 0.4) is 0 Å². The summed E-state index contributed by atoms with van der Waals surface area (Å²) < 4.78 is 34.3. The fourth-order valence-corrected chi connectivity index (χ4v) is 4.43. The molecule has 0 amide bonds. The predicted molar refractivity (Wildman–Crippen MR) is 117 cm³/mol. The van der Waals surface area contributed by atoms with Crippen LogP contribution >= 0.6 is 0 Å². The largest absolute Gasteiger partial charge is 1.00 e. The molecule has 0 aromatic heterocycles. The van der Waals surface area contributed by atoms with Gasteiger partial charge in [0.05, 0.1) is 4.90 Å². The topological polar surface area (TPSA) is 57.2 Å². The number of hydrogen-bond donors (Lipinski definition) is 0. The summed E-state index contributed by atoms with van der Waals surface area (Å²) in [6.07, 6.45) is 16.4. The molecule has 0 aliphatic carbocycles. The first-order valence-corrected chi connectivity index (χ1v) is 12.4. The third kappa shape index (κ3) is 9.97. The molecule has 156 valence electrons. The quantitative estimate of drug-likeness (QED) is 0.261. The van der Waals surface area contributed by atoms with E-state index in [2.05, 4.69) is 6.92 Å². The third-order valence-electron chi connectivity index (χ3n) is 5.51. The summed E-state index contributed by atoms with van der Waals surface area (Å²) in [6, 6.07) is 10.8. The fourth-order valence-electron chi connectivity index (χ4n) is 3.87. The Hall–Kier alpha value is -0.390. The van der Waals surface area contributed by atoms with Gasteiger partial charge in [-0.15, -0.1) is 0 Å². The number of hydrogen-bond acceptors (Lipinski definition) is 3. The van der Waals surface area contributed by atoms with Crippen molar-refractivity contribution in [2.45, 2.75) is 95.3 Å². The molecule has 0 N–H and O–H groups in total. The van der Waals surface area contributed by atoms with Crippen LogP contribution < -0.4 is 29.6 Å². The van der Waals surface area contributed by atoms with E-state index in [0.717, 1.165) is 35.6 Å². The molecule has 0 bridgehead atoms. The summed E-state index contributed by atoms with van der Waals surface area (Å²) in [4.78, 5) is -0.111. The Kier molecular flexibility index (Phi) is 13.4. The molecule has 0 unspecified atom stereocenters. The Labute approximate surface area is 199 Å². The second-order valence-corrected chi connectivity index (χ2v) is 9.28. The normalized spacial score (nSPS) is 11.5. The van der Waals surface area contributed by atoms with Crippen LogP contribution in [-0.4, -0.2) is 13.0 Å². The van der Waals surface area contributed by atoms with E-state index in [4.69, 9.17) is 0 Å². The zero-order valence-electron chi connectivity index (χ0n) is 18.3. The van der Waals surface area contributed by atoms with Crippen molar-refractivity contribution in [1.29, 1.82) is 0 Å². The van der Waals surface area contributed by atoms with Crippen molar-refractivity contribution < 1.29 is 42.5 Å². The van der Waals surface area contributed by atoms with Crippen molar-refractivity contribution in [2.75, 3.05) is 0 Å². The number of fused-ring (bicyclic) bond motifs is 1. The maximum absolute atomic E-state index is 11.4. The maximum atomic E-state index is 11.4. The predicted octanol–water partition coefficient (Wildman–Crippen LogP) is 3.99. The fraction of sp³-hybridized carbons (Fsp3) is 0.583. The van der Waals surface area contributed by atoms with Crippen molar-refractivity contribution in [1.82, 2.24) is 0 Å². The Balaban J connectivity index is 0.00000420. The van der Waals surface area contributed by atoms with Gasteiger partial charge in [0, 0.05) is 0 Å². The first kappa shape index (κ1) is 26.6. The van der Waals surface area contributed by atoms with Crippen LogP contribution in [0.4, 0.5) is 0 Å². The monoisotopic (exact) mass is 426 g/mol. The van der Waals surface area contributed by atoms with Gasteiger partial charge >= 0.3 is 29.6 Å². The molecule has 0 saturated carbocycles. The molecule has 2 rings (SSSR count). The molecule has 2 aromatic rings. The molecule has 5 heteroatoms. The van der Waals surface area contributed by atoms with E-state index in [-0.39, 0.29) is 34.5 Å². The molecule has 0 fully saturated rings. The van der Waals surface area contributed by atoms with Crippen LogP contribution in [0.15, 0.2) is 41.3 Å². The summed E-state index contributed by atoms with van der Waals surface area (Å²) in [5.74, 6) is 0. The minimum absolute atomic E-state index is 0. The standard InChI is InChI=1S/C24H36O3S.Na/c1-2-3-4-5-6-7-8-9-10-11-12-13-16-21-19-23(28(25,26)27)20-22-17-14-15-18-24(21)22;/h14-15,17-20H,2-13,16H2,1H3,(H,25,26,27);/q;+1/p-1. The SMILES string of the molecule is CCCCCCCCCCCCCCc1cc(S(=O)(=O)[O-])cc2ccccc12.[Na+]. The van der Waals surface area contributed by atoms with Gasteiger partial charge in [0.15, 0.2) is 0 Å². The van der Waals surface area contributed by atoms with Crippen LogP contribution in [0.2, 0.25) is 0 Å². The van der Waals surface area contributed by atoms with E-state index in [0.29, 0.717) is 0 Å². The number of rotatable bonds is 14. The van der Waals surface area contributed by atoms with Gasteiger partial charge < -0.3 is 4.55 Å². The van der Waals surface area contributed by atoms with E-state index in [1.54, 1.807) is 6.07 Å². The van der Waals surface area contributed by atoms with Gasteiger partial charge in [-0.25, -0.2) is 8.42 Å². The third-order valence-corrected chi connectivity index (χ3v) is 6.32. The Bertz CT molecular complexity index is 818. The molecule has 0 aliphatic heterocycles. The Morgan fingerprint density at radius 3 is 1.83 bits per heavy atom. The summed E-state index contributed by atoms with van der Waals surface area (Å²) in [5.41, 5.74) is 0.972. The molecule has 0 heterocycles. The van der Waals surface area contributed by atoms with Crippen molar-refractivity contribution in [2.24, 2.45) is 0 Å². The molecule has 2 aromatic carbocycles. The zero-order valence-corrected chi connectivity index (χ0v) is 21.1. The molecule has 0 saturated heterocycles. The molecule has 0 atom stereocenters. The van der Waals surface area contributed by atoms with E-state index < -0.39 is 10.1 Å². The second-order valence-electron chi connectivity index (χ2n) is 7.90. The average molecular weight is 427 g/mol. The molecule has 0 radical (unpaired) electrons. The molecule has 29 heavy (non-hydrogen) atoms. The molecule has 0 spiro atoms. The smallest absolute Gasteiger partial charge is 0.744 e. The van der Waals surface area contributed by atoms with Gasteiger partial charge in [-0.2, -0.15) is 0 Å². The summed E-state index contributed by atoms with van der Waals surface area (Å²) in [6.45, 7) is 2.25. The van der Waals surface area contributed by atoms with Gasteiger partial charge in [0.25, 0.3) is 0 Å². The van der Waals surface area contributed by atoms with E-state index >= 15 is 0 Å². The van der Waals surface area contributed by atoms with Crippen LogP contribution in [0.1, 0.15) is 89.5 Å². The molecular formula is C24H35NaO3S. The number of benzene rings is 2. The van der Waals surface area contributed by atoms with Gasteiger partial charge in [-0.3, -0.25) is 0 Å². The minimum Gasteiger partial charge on any atom is -0.744 e. The molecular weight excluding hydrogens is 391 g/mol. The van der Waals surface area contributed by atoms with Crippen molar-refractivity contribution in [3.8, 4) is 0 Å². The first-order valence-electron chi connectivity index (χ1n) is 11.0. The van der Waals surface area contributed by atoms with Crippen molar-refractivity contribution >= 4 is 20.9 Å². The van der Waals surface area contributed by atoms with Gasteiger partial charge in [0.1, 0.15) is 10.1 Å². The number of aryl methyl sites for hydroxylation is 1. The second kappa shape index (κ2) is 14.6. The van der Waals surface area contributed by atoms with Gasteiger partial charge in [0.2, 0.25) is 0 Å². The first-order chi connectivity index (χ1) is 13.5. The Morgan fingerprint density at radius 1 is 0.759 bits per heavy atom. The molecule has 0 aliphatic rings. The Morgan fingerprint density at radius 2 is 1.28 bits per heavy atom. The summed E-state index contributed by atoms with van der Waals surface area (Å²) >= 11 is 0. The van der Waals surface area contributed by atoms with Crippen molar-refractivity contribution in [3.05, 3.63) is 42.0 Å². The number of unbranched alkanes of at least 4 members (excludes halogenated alkanes) is 11. The minimum atomic E-state index is -4.42.